The van der Waals surface area contributed by atoms with Crippen molar-refractivity contribution in [2.75, 3.05) is 43.0 Å². The van der Waals surface area contributed by atoms with Gasteiger partial charge in [-0.3, -0.25) is 14.3 Å². The number of carbonyl (C=O) groups is 2. The van der Waals surface area contributed by atoms with Gasteiger partial charge in [-0.1, -0.05) is 13.8 Å². The van der Waals surface area contributed by atoms with Gasteiger partial charge in [0.2, 0.25) is 0 Å². The van der Waals surface area contributed by atoms with Crippen molar-refractivity contribution in [1.29, 1.82) is 0 Å². The lowest BCUT2D eigenvalue weighted by Crippen LogP contribution is -2.34. The van der Waals surface area contributed by atoms with Crippen molar-refractivity contribution in [3.8, 4) is 0 Å². The summed E-state index contributed by atoms with van der Waals surface area (Å²) < 4.78 is 25.6. The molecule has 0 bridgehead atoms. The third-order valence-corrected chi connectivity index (χ3v) is 8.31. The van der Waals surface area contributed by atoms with Gasteiger partial charge in [0.15, 0.2) is 15.5 Å². The third-order valence-electron chi connectivity index (χ3n) is 6.56. The molecule has 2 fully saturated rings. The van der Waals surface area contributed by atoms with Crippen molar-refractivity contribution < 1.29 is 18.0 Å². The number of likely N-dealkylation sites (N-methyl/N-ethyl adjacent to an activating group) is 1. The molecule has 1 aromatic carbocycles. The molecule has 34 heavy (non-hydrogen) atoms. The molecule has 2 amide bonds. The zero-order chi connectivity index (χ0) is 24.3. The largest absolute Gasteiger partial charge is 0.351 e. The van der Waals surface area contributed by atoms with E-state index in [1.807, 2.05) is 0 Å². The lowest BCUT2D eigenvalue weighted by molar-refractivity contribution is 0.0948. The van der Waals surface area contributed by atoms with Crippen LogP contribution < -0.4 is 10.6 Å². The van der Waals surface area contributed by atoms with Crippen molar-refractivity contribution in [2.24, 2.45) is 0 Å². The number of carbonyl (C=O) groups excluding carboxylic acids is 2. The summed E-state index contributed by atoms with van der Waals surface area (Å²) in [7, 11) is -3.05. The monoisotopic (exact) mass is 487 g/mol. The van der Waals surface area contributed by atoms with E-state index < -0.39 is 9.84 Å². The number of hydrogen-bond acceptors (Lipinski definition) is 6. The van der Waals surface area contributed by atoms with Crippen LogP contribution in [0.4, 0.5) is 5.69 Å². The minimum Gasteiger partial charge on any atom is -0.351 e. The van der Waals surface area contributed by atoms with E-state index in [2.05, 4.69) is 34.5 Å². The fraction of sp³-hybridized carbons (Fsp3) is 0.542. The van der Waals surface area contributed by atoms with Crippen molar-refractivity contribution in [3.63, 3.8) is 0 Å². The summed E-state index contributed by atoms with van der Waals surface area (Å²) in [5, 5.41) is 10.2. The van der Waals surface area contributed by atoms with Gasteiger partial charge in [0, 0.05) is 36.0 Å². The first kappa shape index (κ1) is 24.4. The Kier molecular flexibility index (Phi) is 7.37. The standard InChI is InChI=1S/C24H33N5O4S/c1-3-28(4-2)13-12-25-23(30)18-7-9-19(10-8-18)26-24(31)21-15-22(17-5-6-17)29(27-21)20-11-14-34(32,33)16-20/h7-10,15,17,20H,3-6,11-14,16H2,1-2H3,(H,25,30)(H,26,31). The van der Waals surface area contributed by atoms with Crippen molar-refractivity contribution >= 4 is 27.3 Å². The molecule has 184 valence electrons. The average molecular weight is 488 g/mol. The Labute approximate surface area is 200 Å². The Balaban J connectivity index is 1.37. The molecule has 0 spiro atoms. The maximum Gasteiger partial charge on any atom is 0.276 e. The second-order valence-electron chi connectivity index (χ2n) is 9.04. The topological polar surface area (TPSA) is 113 Å². The first-order valence-electron chi connectivity index (χ1n) is 12.0. The molecule has 2 aliphatic rings. The zero-order valence-corrected chi connectivity index (χ0v) is 20.6. The van der Waals surface area contributed by atoms with Crippen LogP contribution in [0.5, 0.6) is 0 Å². The number of hydrogen-bond donors (Lipinski definition) is 2. The molecule has 1 unspecified atom stereocenters. The number of aromatic nitrogens is 2. The molecule has 1 aliphatic carbocycles. The summed E-state index contributed by atoms with van der Waals surface area (Å²) in [5.74, 6) is 0.0890. The Morgan fingerprint density at radius 3 is 2.38 bits per heavy atom. The molecule has 10 heteroatoms. The molecule has 2 aromatic rings. The second kappa shape index (κ2) is 10.3. The van der Waals surface area contributed by atoms with Crippen LogP contribution in [0.3, 0.4) is 0 Å². The number of anilines is 1. The van der Waals surface area contributed by atoms with E-state index in [0.29, 0.717) is 30.1 Å². The molecule has 2 heterocycles. The predicted molar refractivity (Wildman–Crippen MR) is 131 cm³/mol. The van der Waals surface area contributed by atoms with Crippen LogP contribution in [0.1, 0.15) is 71.6 Å². The van der Waals surface area contributed by atoms with Crippen molar-refractivity contribution in [1.82, 2.24) is 20.0 Å². The smallest absolute Gasteiger partial charge is 0.276 e. The Morgan fingerprint density at radius 1 is 1.09 bits per heavy atom. The molecule has 1 saturated carbocycles. The highest BCUT2D eigenvalue weighted by Gasteiger charge is 2.36. The van der Waals surface area contributed by atoms with Gasteiger partial charge in [-0.25, -0.2) is 8.42 Å². The predicted octanol–water partition coefficient (Wildman–Crippen LogP) is 2.44. The molecule has 1 aliphatic heterocycles. The van der Waals surface area contributed by atoms with Gasteiger partial charge < -0.3 is 15.5 Å². The minimum absolute atomic E-state index is 0.0773. The molecule has 2 N–H and O–H groups in total. The van der Waals surface area contributed by atoms with Crippen LogP contribution in [0, 0.1) is 0 Å². The Hall–Kier alpha value is -2.72. The lowest BCUT2D eigenvalue weighted by Gasteiger charge is -2.17. The van der Waals surface area contributed by atoms with E-state index in [-0.39, 0.29) is 35.1 Å². The first-order chi connectivity index (χ1) is 16.3. The lowest BCUT2D eigenvalue weighted by atomic mass is 10.2. The van der Waals surface area contributed by atoms with E-state index in [1.54, 1.807) is 35.0 Å². The highest BCUT2D eigenvalue weighted by Crippen LogP contribution is 2.42. The van der Waals surface area contributed by atoms with Crippen LogP contribution in [0.25, 0.3) is 0 Å². The van der Waals surface area contributed by atoms with Gasteiger partial charge in [-0.2, -0.15) is 5.10 Å². The zero-order valence-electron chi connectivity index (χ0n) is 19.8. The highest BCUT2D eigenvalue weighted by molar-refractivity contribution is 7.91. The number of sulfone groups is 1. The average Bonchev–Trinajstić information content (AvgIpc) is 3.46. The highest BCUT2D eigenvalue weighted by atomic mass is 32.2. The van der Waals surface area contributed by atoms with Crippen LogP contribution in [0.2, 0.25) is 0 Å². The molecular formula is C24H33N5O4S. The van der Waals surface area contributed by atoms with E-state index in [9.17, 15) is 18.0 Å². The van der Waals surface area contributed by atoms with Gasteiger partial charge in [0.1, 0.15) is 0 Å². The molecule has 0 radical (unpaired) electrons. The summed E-state index contributed by atoms with van der Waals surface area (Å²) in [6.07, 6.45) is 2.60. The normalized spacial score (nSPS) is 19.3. The molecule has 1 atom stereocenters. The number of rotatable bonds is 10. The van der Waals surface area contributed by atoms with Crippen molar-refractivity contribution in [3.05, 3.63) is 47.3 Å². The van der Waals surface area contributed by atoms with Gasteiger partial charge >= 0.3 is 0 Å². The molecule has 1 saturated heterocycles. The fourth-order valence-electron chi connectivity index (χ4n) is 4.33. The van der Waals surface area contributed by atoms with Gasteiger partial charge in [0.25, 0.3) is 11.8 Å². The summed E-state index contributed by atoms with van der Waals surface area (Å²) in [4.78, 5) is 27.5. The van der Waals surface area contributed by atoms with Crippen LogP contribution in [0.15, 0.2) is 30.3 Å². The number of amides is 2. The van der Waals surface area contributed by atoms with Gasteiger partial charge in [0.05, 0.1) is 17.5 Å². The summed E-state index contributed by atoms with van der Waals surface area (Å²) in [6.45, 7) is 7.45. The number of nitrogens with one attached hydrogen (secondary N) is 2. The van der Waals surface area contributed by atoms with Crippen molar-refractivity contribution in [2.45, 2.75) is 45.1 Å². The second-order valence-corrected chi connectivity index (χ2v) is 11.3. The molecular weight excluding hydrogens is 454 g/mol. The summed E-state index contributed by atoms with van der Waals surface area (Å²) >= 11 is 0. The Bertz CT molecular complexity index is 1130. The van der Waals surface area contributed by atoms with E-state index in [4.69, 9.17) is 0 Å². The third kappa shape index (κ3) is 5.85. The molecule has 1 aromatic heterocycles. The number of benzene rings is 1. The maximum absolute atomic E-state index is 12.9. The maximum atomic E-state index is 12.9. The van der Waals surface area contributed by atoms with E-state index in [1.165, 1.54) is 0 Å². The Morgan fingerprint density at radius 2 is 1.79 bits per heavy atom. The minimum atomic E-state index is -3.05. The molecule has 4 rings (SSSR count). The first-order valence-corrected chi connectivity index (χ1v) is 13.8. The SMILES string of the molecule is CCN(CC)CCNC(=O)c1ccc(NC(=O)c2cc(C3CC3)n(C3CCS(=O)(=O)C3)n2)cc1. The van der Waals surface area contributed by atoms with Crippen LogP contribution in [-0.4, -0.2) is 72.6 Å². The van der Waals surface area contributed by atoms with Crippen LogP contribution >= 0.6 is 0 Å². The quantitative estimate of drug-likeness (QED) is 0.532. The van der Waals surface area contributed by atoms with Crippen LogP contribution in [-0.2, 0) is 9.84 Å². The number of nitrogens with zero attached hydrogens (tertiary/aromatic N) is 3. The van der Waals surface area contributed by atoms with Gasteiger partial charge in [-0.15, -0.1) is 0 Å². The van der Waals surface area contributed by atoms with Gasteiger partial charge in [-0.05, 0) is 62.7 Å². The summed E-state index contributed by atoms with van der Waals surface area (Å²) in [5.41, 5.74) is 2.32. The van der Waals surface area contributed by atoms with E-state index in [0.717, 1.165) is 38.2 Å². The summed E-state index contributed by atoms with van der Waals surface area (Å²) in [6, 6.07) is 8.33. The fourth-order valence-corrected chi connectivity index (χ4v) is 6.03. The van der Waals surface area contributed by atoms with E-state index >= 15 is 0 Å². The molecule has 9 nitrogen and oxygen atoms in total.